The molecule has 148 valence electrons. The van der Waals surface area contributed by atoms with Crippen LogP contribution in [0, 0.1) is 6.92 Å². The standard InChI is InChI=1S/C19H19NO7S/c1-11-13-3-4-16-15(18(13)27-19(22)14(11)7-17(21)25-2)8-20(10-26-16)12-5-6-28(23,24)9-12/h3-6,12H,7-10H2,1-2H3/t12-/m1/s1. The average Bonchev–Trinajstić information content (AvgIpc) is 3.04. The van der Waals surface area contributed by atoms with Gasteiger partial charge in [0.1, 0.15) is 18.1 Å². The first-order valence-corrected chi connectivity index (χ1v) is 10.4. The lowest BCUT2D eigenvalue weighted by Crippen LogP contribution is -2.41. The smallest absolute Gasteiger partial charge is 0.340 e. The number of carbonyl (C=O) groups is 1. The van der Waals surface area contributed by atoms with E-state index in [4.69, 9.17) is 9.15 Å². The Morgan fingerprint density at radius 3 is 2.82 bits per heavy atom. The monoisotopic (exact) mass is 405 g/mol. The van der Waals surface area contributed by atoms with E-state index in [9.17, 15) is 18.0 Å². The van der Waals surface area contributed by atoms with Crippen LogP contribution in [-0.4, -0.2) is 44.9 Å². The van der Waals surface area contributed by atoms with Gasteiger partial charge in [-0.05, 0) is 24.6 Å². The Bertz CT molecular complexity index is 1160. The van der Waals surface area contributed by atoms with Crippen molar-refractivity contribution in [2.45, 2.75) is 25.9 Å². The highest BCUT2D eigenvalue weighted by Gasteiger charge is 2.32. The molecule has 0 unspecified atom stereocenters. The summed E-state index contributed by atoms with van der Waals surface area (Å²) in [5, 5.41) is 1.93. The molecule has 28 heavy (non-hydrogen) atoms. The minimum atomic E-state index is -3.19. The summed E-state index contributed by atoms with van der Waals surface area (Å²) in [6, 6.07) is 3.30. The zero-order valence-corrected chi connectivity index (χ0v) is 16.2. The molecule has 0 bridgehead atoms. The molecule has 0 spiro atoms. The van der Waals surface area contributed by atoms with E-state index in [2.05, 4.69) is 4.74 Å². The van der Waals surface area contributed by atoms with Gasteiger partial charge in [-0.3, -0.25) is 9.69 Å². The summed E-state index contributed by atoms with van der Waals surface area (Å²) < 4.78 is 39.5. The van der Waals surface area contributed by atoms with Crippen molar-refractivity contribution in [2.24, 2.45) is 0 Å². The fourth-order valence-electron chi connectivity index (χ4n) is 3.60. The van der Waals surface area contributed by atoms with Crippen LogP contribution in [0.3, 0.4) is 0 Å². The van der Waals surface area contributed by atoms with Crippen LogP contribution in [0.2, 0.25) is 0 Å². The molecule has 4 rings (SSSR count). The lowest BCUT2D eigenvalue weighted by molar-refractivity contribution is -0.139. The number of esters is 1. The van der Waals surface area contributed by atoms with E-state index < -0.39 is 21.4 Å². The normalized spacial score (nSPS) is 20.7. The van der Waals surface area contributed by atoms with Crippen molar-refractivity contribution >= 4 is 26.8 Å². The molecule has 8 nitrogen and oxygen atoms in total. The number of aryl methyl sites for hydroxylation is 1. The molecule has 0 N–H and O–H groups in total. The van der Waals surface area contributed by atoms with Gasteiger partial charge in [0.05, 0.1) is 30.4 Å². The summed E-state index contributed by atoms with van der Waals surface area (Å²) in [4.78, 5) is 26.0. The van der Waals surface area contributed by atoms with Gasteiger partial charge in [0.15, 0.2) is 9.84 Å². The SMILES string of the molecule is COC(=O)Cc1c(C)c2ccc3c(c2oc1=O)CN([C@@H]1C=CS(=O)(=O)C1)CO3. The van der Waals surface area contributed by atoms with E-state index in [1.165, 1.54) is 12.5 Å². The van der Waals surface area contributed by atoms with Crippen molar-refractivity contribution in [1.29, 1.82) is 0 Å². The Labute approximate surface area is 161 Å². The number of hydrogen-bond donors (Lipinski definition) is 0. The first-order valence-electron chi connectivity index (χ1n) is 8.72. The molecule has 1 aromatic carbocycles. The summed E-state index contributed by atoms with van der Waals surface area (Å²) in [7, 11) is -1.93. The number of hydrogen-bond acceptors (Lipinski definition) is 8. The maximum Gasteiger partial charge on any atom is 0.340 e. The van der Waals surface area contributed by atoms with E-state index in [1.807, 2.05) is 4.90 Å². The van der Waals surface area contributed by atoms with Crippen LogP contribution in [0.15, 0.2) is 32.8 Å². The first-order chi connectivity index (χ1) is 13.3. The molecule has 0 saturated heterocycles. The van der Waals surface area contributed by atoms with E-state index in [0.29, 0.717) is 34.4 Å². The van der Waals surface area contributed by atoms with Crippen molar-refractivity contribution in [3.05, 3.63) is 50.7 Å². The second-order valence-electron chi connectivity index (χ2n) is 6.91. The van der Waals surface area contributed by atoms with Crippen LogP contribution in [0.4, 0.5) is 0 Å². The minimum Gasteiger partial charge on any atom is -0.478 e. The fraction of sp³-hybridized carbons (Fsp3) is 0.368. The van der Waals surface area contributed by atoms with Gasteiger partial charge in [-0.2, -0.15) is 0 Å². The van der Waals surface area contributed by atoms with Gasteiger partial charge in [0.2, 0.25) is 0 Å². The molecule has 9 heteroatoms. The maximum absolute atomic E-state index is 12.5. The molecule has 0 radical (unpaired) electrons. The highest BCUT2D eigenvalue weighted by molar-refractivity contribution is 7.94. The quantitative estimate of drug-likeness (QED) is 0.556. The van der Waals surface area contributed by atoms with E-state index >= 15 is 0 Å². The number of carbonyl (C=O) groups excluding carboxylic acids is 1. The van der Waals surface area contributed by atoms with Crippen molar-refractivity contribution in [3.8, 4) is 5.75 Å². The number of ether oxygens (including phenoxy) is 2. The molecule has 1 aromatic heterocycles. The van der Waals surface area contributed by atoms with E-state index in [0.717, 1.165) is 0 Å². The van der Waals surface area contributed by atoms with Gasteiger partial charge in [0, 0.05) is 23.4 Å². The second-order valence-corrected chi connectivity index (χ2v) is 8.84. The molecule has 2 aliphatic rings. The Kier molecular flexibility index (Phi) is 4.51. The Morgan fingerprint density at radius 2 is 2.14 bits per heavy atom. The van der Waals surface area contributed by atoms with Crippen LogP contribution < -0.4 is 10.4 Å². The fourth-order valence-corrected chi connectivity index (χ4v) is 4.93. The summed E-state index contributed by atoms with van der Waals surface area (Å²) in [6.07, 6.45) is 1.48. The molecule has 2 aliphatic heterocycles. The van der Waals surface area contributed by atoms with Crippen LogP contribution >= 0.6 is 0 Å². The minimum absolute atomic E-state index is 0.00269. The molecular formula is C19H19NO7S. The molecule has 0 amide bonds. The molecule has 0 aliphatic carbocycles. The Hall–Kier alpha value is -2.65. The summed E-state index contributed by atoms with van der Waals surface area (Å²) in [5.41, 5.74) is 1.40. The molecule has 3 heterocycles. The zero-order chi connectivity index (χ0) is 20.1. The highest BCUT2D eigenvalue weighted by Crippen LogP contribution is 2.35. The Balaban J connectivity index is 1.76. The molecule has 0 fully saturated rings. The lowest BCUT2D eigenvalue weighted by Gasteiger charge is -2.32. The topological polar surface area (TPSA) is 103 Å². The number of fused-ring (bicyclic) bond motifs is 3. The summed E-state index contributed by atoms with van der Waals surface area (Å²) in [6.45, 7) is 2.39. The zero-order valence-electron chi connectivity index (χ0n) is 15.4. The van der Waals surface area contributed by atoms with Gasteiger partial charge >= 0.3 is 11.6 Å². The molecule has 1 atom stereocenters. The van der Waals surface area contributed by atoms with Gasteiger partial charge in [-0.15, -0.1) is 0 Å². The average molecular weight is 405 g/mol. The van der Waals surface area contributed by atoms with Crippen molar-refractivity contribution in [2.75, 3.05) is 19.6 Å². The largest absolute Gasteiger partial charge is 0.478 e. The molecule has 2 aromatic rings. The summed E-state index contributed by atoms with van der Waals surface area (Å²) in [5.74, 6) is 0.0798. The predicted octanol–water partition coefficient (Wildman–Crippen LogP) is 1.28. The Morgan fingerprint density at radius 1 is 1.36 bits per heavy atom. The maximum atomic E-state index is 12.5. The molecule has 0 saturated carbocycles. The number of nitrogens with zero attached hydrogens (tertiary/aromatic N) is 1. The predicted molar refractivity (Wildman–Crippen MR) is 101 cm³/mol. The van der Waals surface area contributed by atoms with E-state index in [1.54, 1.807) is 25.1 Å². The van der Waals surface area contributed by atoms with Crippen LogP contribution in [0.1, 0.15) is 16.7 Å². The third-order valence-corrected chi connectivity index (χ3v) is 6.57. The van der Waals surface area contributed by atoms with Crippen LogP contribution in [-0.2, 0) is 32.3 Å². The van der Waals surface area contributed by atoms with Gasteiger partial charge in [-0.1, -0.05) is 6.08 Å². The number of benzene rings is 1. The third kappa shape index (κ3) is 3.20. The highest BCUT2D eigenvalue weighted by atomic mass is 32.2. The van der Waals surface area contributed by atoms with Crippen LogP contribution in [0.5, 0.6) is 5.75 Å². The lowest BCUT2D eigenvalue weighted by atomic mass is 10.00. The van der Waals surface area contributed by atoms with Crippen molar-refractivity contribution in [3.63, 3.8) is 0 Å². The van der Waals surface area contributed by atoms with Crippen molar-refractivity contribution < 1.29 is 27.1 Å². The number of sulfone groups is 1. The van der Waals surface area contributed by atoms with Crippen molar-refractivity contribution in [1.82, 2.24) is 4.90 Å². The number of rotatable bonds is 3. The molecular weight excluding hydrogens is 386 g/mol. The van der Waals surface area contributed by atoms with Crippen LogP contribution in [0.25, 0.3) is 11.0 Å². The van der Waals surface area contributed by atoms with Gasteiger partial charge in [-0.25, -0.2) is 13.2 Å². The third-order valence-electron chi connectivity index (χ3n) is 5.19. The van der Waals surface area contributed by atoms with Gasteiger partial charge in [0.25, 0.3) is 0 Å². The van der Waals surface area contributed by atoms with Gasteiger partial charge < -0.3 is 13.9 Å². The first kappa shape index (κ1) is 18.7. The summed E-state index contributed by atoms with van der Waals surface area (Å²) >= 11 is 0. The second kappa shape index (κ2) is 6.75. The number of methoxy groups -OCH3 is 1. The van der Waals surface area contributed by atoms with E-state index in [-0.39, 0.29) is 30.5 Å².